The van der Waals surface area contributed by atoms with Crippen LogP contribution in [0.5, 0.6) is 0 Å². The van der Waals surface area contributed by atoms with Crippen LogP contribution in [0, 0.1) is 6.92 Å². The van der Waals surface area contributed by atoms with E-state index in [0.717, 1.165) is 10.7 Å². The third kappa shape index (κ3) is 5.20. The minimum atomic E-state index is -4.02. The van der Waals surface area contributed by atoms with Crippen molar-refractivity contribution in [2.24, 2.45) is 0 Å². The third-order valence-electron chi connectivity index (χ3n) is 1.97. The first-order chi connectivity index (χ1) is 8.82. The highest BCUT2D eigenvalue weighted by atomic mass is 32.2. The average molecular weight is 302 g/mol. The Bertz CT molecular complexity index is 622. The van der Waals surface area contributed by atoms with Crippen LogP contribution in [0.1, 0.15) is 5.56 Å². The number of nitrogen functional groups attached to an aromatic ring is 1. The predicted molar refractivity (Wildman–Crippen MR) is 74.9 cm³/mol. The molecule has 0 unspecified atom stereocenters. The van der Waals surface area contributed by atoms with E-state index in [9.17, 15) is 8.42 Å². The number of rotatable bonds is 2. The molecule has 104 valence electrons. The lowest BCUT2D eigenvalue weighted by molar-refractivity contribution is 0.483. The average Bonchev–Trinajstić information content (AvgIpc) is 2.75. The lowest BCUT2D eigenvalue weighted by Gasteiger charge is -1.95. The van der Waals surface area contributed by atoms with Gasteiger partial charge in [0.2, 0.25) is 11.1 Å². The molecule has 0 radical (unpaired) electrons. The first kappa shape index (κ1) is 15.3. The highest BCUT2D eigenvalue weighted by Crippen LogP contribution is 2.09. The van der Waals surface area contributed by atoms with Gasteiger partial charge in [0, 0.05) is 18.6 Å². The maximum absolute atomic E-state index is 10.5. The molecule has 0 amide bonds. The molecule has 9 heteroatoms. The second-order valence-corrected chi connectivity index (χ2v) is 5.67. The van der Waals surface area contributed by atoms with Crippen molar-refractivity contribution in [3.63, 3.8) is 0 Å². The second kappa shape index (κ2) is 6.45. The van der Waals surface area contributed by atoms with Gasteiger partial charge in [-0.25, -0.2) is 0 Å². The van der Waals surface area contributed by atoms with Crippen LogP contribution >= 0.6 is 11.5 Å². The van der Waals surface area contributed by atoms with Crippen LogP contribution < -0.4 is 11.1 Å². The molecule has 1 aromatic carbocycles. The summed E-state index contributed by atoms with van der Waals surface area (Å²) in [7, 11) is -2.24. The minimum Gasteiger partial charge on any atom is -0.367 e. The monoisotopic (exact) mass is 302 g/mol. The molecule has 7 nitrogen and oxygen atoms in total. The van der Waals surface area contributed by atoms with Crippen molar-refractivity contribution in [2.45, 2.75) is 11.8 Å². The van der Waals surface area contributed by atoms with Gasteiger partial charge in [0.15, 0.2) is 0 Å². The number of benzene rings is 1. The molecule has 0 spiro atoms. The summed E-state index contributed by atoms with van der Waals surface area (Å²) in [5.41, 5.74) is 6.16. The molecular formula is C10H14N4O3S2. The lowest BCUT2D eigenvalue weighted by atomic mass is 10.2. The van der Waals surface area contributed by atoms with Crippen LogP contribution in [-0.2, 0) is 10.1 Å². The van der Waals surface area contributed by atoms with Crippen molar-refractivity contribution >= 4 is 32.7 Å². The fourth-order valence-electron chi connectivity index (χ4n) is 1.05. The molecule has 0 bridgehead atoms. The molecule has 19 heavy (non-hydrogen) atoms. The highest BCUT2D eigenvalue weighted by molar-refractivity contribution is 7.85. The Morgan fingerprint density at radius 2 is 1.89 bits per heavy atom. The van der Waals surface area contributed by atoms with E-state index in [0.29, 0.717) is 5.95 Å². The fourth-order valence-corrected chi connectivity index (χ4v) is 1.97. The normalized spacial score (nSPS) is 10.5. The van der Waals surface area contributed by atoms with Gasteiger partial charge >= 0.3 is 0 Å². The van der Waals surface area contributed by atoms with Crippen molar-refractivity contribution in [1.29, 1.82) is 0 Å². The predicted octanol–water partition coefficient (Wildman–Crippen LogP) is 1.40. The number of nitrogens with one attached hydrogen (secondary N) is 1. The number of aromatic nitrogens is 2. The van der Waals surface area contributed by atoms with Gasteiger partial charge in [-0.15, -0.1) is 0 Å². The maximum atomic E-state index is 10.5. The zero-order valence-electron chi connectivity index (χ0n) is 10.4. The quantitative estimate of drug-likeness (QED) is 0.717. The van der Waals surface area contributed by atoms with Gasteiger partial charge in [0.05, 0.1) is 4.90 Å². The molecule has 2 rings (SSSR count). The van der Waals surface area contributed by atoms with E-state index in [2.05, 4.69) is 14.7 Å². The Labute approximate surface area is 115 Å². The van der Waals surface area contributed by atoms with Gasteiger partial charge in [0.25, 0.3) is 10.1 Å². The number of hydrogen-bond donors (Lipinski definition) is 3. The molecule has 4 N–H and O–H groups in total. The van der Waals surface area contributed by atoms with Crippen LogP contribution in [0.25, 0.3) is 0 Å². The van der Waals surface area contributed by atoms with Crippen LogP contribution in [0.4, 0.5) is 11.1 Å². The molecule has 0 aliphatic heterocycles. The van der Waals surface area contributed by atoms with Gasteiger partial charge in [-0.2, -0.15) is 17.8 Å². The molecule has 0 fully saturated rings. The largest absolute Gasteiger partial charge is 0.367 e. The summed E-state index contributed by atoms with van der Waals surface area (Å²) in [6.07, 6.45) is 0. The number of aryl methyl sites for hydroxylation is 1. The first-order valence-corrected chi connectivity index (χ1v) is 7.35. The van der Waals surface area contributed by atoms with E-state index in [1.807, 2.05) is 6.92 Å². The van der Waals surface area contributed by atoms with Crippen molar-refractivity contribution in [3.8, 4) is 0 Å². The van der Waals surface area contributed by atoms with Crippen molar-refractivity contribution in [3.05, 3.63) is 29.8 Å². The van der Waals surface area contributed by atoms with Crippen molar-refractivity contribution in [1.82, 2.24) is 9.36 Å². The van der Waals surface area contributed by atoms with E-state index < -0.39 is 10.1 Å². The van der Waals surface area contributed by atoms with Gasteiger partial charge in [0.1, 0.15) is 0 Å². The Kier molecular flexibility index (Phi) is 5.21. The van der Waals surface area contributed by atoms with Crippen molar-refractivity contribution < 1.29 is 13.0 Å². The molecular weight excluding hydrogens is 288 g/mol. The fraction of sp³-hybridized carbons (Fsp3) is 0.200. The Balaban J connectivity index is 0.000000200. The lowest BCUT2D eigenvalue weighted by Crippen LogP contribution is -1.96. The molecule has 0 atom stereocenters. The van der Waals surface area contributed by atoms with Gasteiger partial charge in [-0.1, -0.05) is 17.7 Å². The molecule has 1 aromatic heterocycles. The summed E-state index contributed by atoms with van der Waals surface area (Å²) in [4.78, 5) is 3.74. The SMILES string of the molecule is CNc1nc(N)ns1.Cc1ccc(S(=O)(=O)O)cc1. The molecule has 0 aliphatic rings. The standard InChI is InChI=1S/C7H8O3S.C3H6N4S/c1-6-2-4-7(5-3-6)11(8,9)10;1-5-3-6-2(4)7-8-3/h2-5H,1H3,(H,8,9,10);1H3,(H3,4,5,6,7). The number of nitrogens with zero attached hydrogens (tertiary/aromatic N) is 2. The number of anilines is 2. The summed E-state index contributed by atoms with van der Waals surface area (Å²) in [6.45, 7) is 1.84. The summed E-state index contributed by atoms with van der Waals surface area (Å²) < 4.78 is 33.3. The number of hydrogen-bond acceptors (Lipinski definition) is 7. The summed E-state index contributed by atoms with van der Waals surface area (Å²) in [6, 6.07) is 5.99. The van der Waals surface area contributed by atoms with E-state index in [4.69, 9.17) is 10.3 Å². The van der Waals surface area contributed by atoms with Crippen molar-refractivity contribution in [2.75, 3.05) is 18.1 Å². The summed E-state index contributed by atoms with van der Waals surface area (Å²) in [5, 5.41) is 3.56. The van der Waals surface area contributed by atoms with Gasteiger partial charge < -0.3 is 11.1 Å². The zero-order valence-corrected chi connectivity index (χ0v) is 12.0. The Hall–Kier alpha value is -1.71. The van der Waals surface area contributed by atoms with Crippen LogP contribution in [0.2, 0.25) is 0 Å². The van der Waals surface area contributed by atoms with Gasteiger partial charge in [-0.3, -0.25) is 4.55 Å². The second-order valence-electron chi connectivity index (χ2n) is 3.50. The molecule has 0 saturated carbocycles. The van der Waals surface area contributed by atoms with E-state index in [1.165, 1.54) is 23.7 Å². The molecule has 2 aromatic rings. The van der Waals surface area contributed by atoms with E-state index in [1.54, 1.807) is 19.2 Å². The first-order valence-electron chi connectivity index (χ1n) is 5.14. The highest BCUT2D eigenvalue weighted by Gasteiger charge is 2.06. The maximum Gasteiger partial charge on any atom is 0.294 e. The van der Waals surface area contributed by atoms with E-state index in [-0.39, 0.29) is 4.90 Å². The Morgan fingerprint density at radius 3 is 2.21 bits per heavy atom. The minimum absolute atomic E-state index is 0.0666. The van der Waals surface area contributed by atoms with Gasteiger partial charge in [-0.05, 0) is 19.1 Å². The zero-order chi connectivity index (χ0) is 14.5. The van der Waals surface area contributed by atoms with Crippen LogP contribution in [0.3, 0.4) is 0 Å². The topological polar surface area (TPSA) is 118 Å². The third-order valence-corrected chi connectivity index (χ3v) is 3.59. The smallest absolute Gasteiger partial charge is 0.294 e. The molecule has 1 heterocycles. The van der Waals surface area contributed by atoms with Crippen LogP contribution in [0.15, 0.2) is 29.2 Å². The summed E-state index contributed by atoms with van der Waals surface area (Å²) >= 11 is 1.25. The van der Waals surface area contributed by atoms with E-state index >= 15 is 0 Å². The molecule has 0 saturated heterocycles. The van der Waals surface area contributed by atoms with Crippen LogP contribution in [-0.4, -0.2) is 29.4 Å². The number of nitrogens with two attached hydrogens (primary N) is 1. The Morgan fingerprint density at radius 1 is 1.32 bits per heavy atom. The summed E-state index contributed by atoms with van der Waals surface area (Å²) in [5.74, 6) is 0.333. The molecule has 0 aliphatic carbocycles.